The molecule has 7 heteroatoms. The number of nitrogens with zero attached hydrogens (tertiary/aromatic N) is 3. The maximum Gasteiger partial charge on any atom is 0.341 e. The highest BCUT2D eigenvalue weighted by molar-refractivity contribution is 5.93. The quantitative estimate of drug-likeness (QED) is 0.418. The Morgan fingerprint density at radius 1 is 1.00 bits per heavy atom. The van der Waals surface area contributed by atoms with Crippen LogP contribution in [0.25, 0.3) is 10.9 Å². The zero-order chi connectivity index (χ0) is 24.1. The van der Waals surface area contributed by atoms with Gasteiger partial charge in [-0.2, -0.15) is 0 Å². The number of unbranched alkanes of at least 4 members (excludes halogenated alkanes) is 7. The van der Waals surface area contributed by atoms with Gasteiger partial charge in [-0.15, -0.1) is 0 Å². The molecule has 1 saturated carbocycles. The number of hydrogen-bond donors (Lipinski definition) is 1. The van der Waals surface area contributed by atoms with Gasteiger partial charge in [-0.1, -0.05) is 51.9 Å². The molecule has 0 amide bonds. The standard InChI is InChI=1S/C27H38FN3O3/c1-2-3-4-5-6-7-8-9-12-29-13-15-30(16-14-29)25-18-24-21(17-23(25)28)26(32)22(27(33)34)19-31(24)20-10-11-20/h17-20H,2-16H2,1H3,(H,33,34). The van der Waals surface area contributed by atoms with Crippen molar-refractivity contribution in [2.45, 2.75) is 77.2 Å². The van der Waals surface area contributed by atoms with Crippen molar-refractivity contribution in [2.24, 2.45) is 0 Å². The Balaban J connectivity index is 1.37. The first-order valence-corrected chi connectivity index (χ1v) is 13.1. The number of rotatable bonds is 12. The minimum Gasteiger partial charge on any atom is -0.477 e. The summed E-state index contributed by atoms with van der Waals surface area (Å²) in [5.41, 5.74) is 0.243. The van der Waals surface area contributed by atoms with Crippen molar-refractivity contribution in [2.75, 3.05) is 37.6 Å². The summed E-state index contributed by atoms with van der Waals surface area (Å²) in [5, 5.41) is 9.57. The number of anilines is 1. The first-order chi connectivity index (χ1) is 16.5. The van der Waals surface area contributed by atoms with Crippen LogP contribution in [0.4, 0.5) is 10.1 Å². The van der Waals surface area contributed by atoms with Gasteiger partial charge in [0.15, 0.2) is 0 Å². The summed E-state index contributed by atoms with van der Waals surface area (Å²) in [7, 11) is 0. The topological polar surface area (TPSA) is 65.8 Å². The van der Waals surface area contributed by atoms with Crippen molar-refractivity contribution in [3.05, 3.63) is 39.9 Å². The fourth-order valence-electron chi connectivity index (χ4n) is 5.09. The van der Waals surface area contributed by atoms with Crippen LogP contribution in [-0.4, -0.2) is 53.3 Å². The molecule has 0 bridgehead atoms. The molecule has 0 atom stereocenters. The van der Waals surface area contributed by atoms with Crippen molar-refractivity contribution >= 4 is 22.6 Å². The number of pyridine rings is 1. The monoisotopic (exact) mass is 471 g/mol. The third-order valence-corrected chi connectivity index (χ3v) is 7.31. The van der Waals surface area contributed by atoms with Crippen LogP contribution in [0.1, 0.15) is 87.5 Å². The van der Waals surface area contributed by atoms with E-state index in [1.807, 2.05) is 4.57 Å². The van der Waals surface area contributed by atoms with Crippen LogP contribution >= 0.6 is 0 Å². The van der Waals surface area contributed by atoms with E-state index in [9.17, 15) is 14.7 Å². The van der Waals surface area contributed by atoms with Gasteiger partial charge >= 0.3 is 5.97 Å². The van der Waals surface area contributed by atoms with Gasteiger partial charge in [-0.05, 0) is 37.9 Å². The van der Waals surface area contributed by atoms with E-state index in [1.54, 1.807) is 6.07 Å². The van der Waals surface area contributed by atoms with Crippen molar-refractivity contribution in [3.63, 3.8) is 0 Å². The Morgan fingerprint density at radius 3 is 2.26 bits per heavy atom. The fourth-order valence-corrected chi connectivity index (χ4v) is 5.09. The zero-order valence-electron chi connectivity index (χ0n) is 20.4. The van der Waals surface area contributed by atoms with Crippen molar-refractivity contribution in [3.8, 4) is 0 Å². The number of carboxylic acid groups (broad SMARTS) is 1. The molecule has 2 aromatic rings. The van der Waals surface area contributed by atoms with Crippen molar-refractivity contribution in [1.29, 1.82) is 0 Å². The smallest absolute Gasteiger partial charge is 0.341 e. The van der Waals surface area contributed by atoms with Crippen LogP contribution in [0.3, 0.4) is 0 Å². The predicted octanol–water partition coefficient (Wildman–Crippen LogP) is 5.44. The summed E-state index contributed by atoms with van der Waals surface area (Å²) >= 11 is 0. The maximum atomic E-state index is 15.1. The Labute approximate surface area is 201 Å². The largest absolute Gasteiger partial charge is 0.477 e. The summed E-state index contributed by atoms with van der Waals surface area (Å²) in [6.45, 7) is 6.66. The lowest BCUT2D eigenvalue weighted by Gasteiger charge is -2.36. The summed E-state index contributed by atoms with van der Waals surface area (Å²) in [6.07, 6.45) is 13.9. The van der Waals surface area contributed by atoms with E-state index < -0.39 is 17.2 Å². The molecule has 2 fully saturated rings. The normalized spacial score (nSPS) is 16.9. The number of piperazine rings is 1. The molecule has 0 spiro atoms. The molecular weight excluding hydrogens is 433 g/mol. The molecule has 0 radical (unpaired) electrons. The second kappa shape index (κ2) is 11.3. The Kier molecular flexibility index (Phi) is 8.24. The van der Waals surface area contributed by atoms with Gasteiger partial charge in [0.1, 0.15) is 11.4 Å². The van der Waals surface area contributed by atoms with Gasteiger partial charge in [0.2, 0.25) is 5.43 Å². The van der Waals surface area contributed by atoms with Crippen LogP contribution in [0, 0.1) is 5.82 Å². The van der Waals surface area contributed by atoms with Crippen LogP contribution < -0.4 is 10.3 Å². The molecule has 1 saturated heterocycles. The molecule has 1 aromatic heterocycles. The summed E-state index contributed by atoms with van der Waals surface area (Å²) < 4.78 is 17.0. The number of carbonyl (C=O) groups is 1. The highest BCUT2D eigenvalue weighted by atomic mass is 19.1. The number of hydrogen-bond acceptors (Lipinski definition) is 4. The molecule has 6 nitrogen and oxygen atoms in total. The predicted molar refractivity (Wildman–Crippen MR) is 135 cm³/mol. The SMILES string of the molecule is CCCCCCCCCCN1CCN(c2cc3c(cc2F)c(=O)c(C(=O)O)cn3C2CC2)CC1. The molecule has 1 aliphatic carbocycles. The minimum atomic E-state index is -1.27. The zero-order valence-corrected chi connectivity index (χ0v) is 20.4. The molecule has 2 aliphatic rings. The third kappa shape index (κ3) is 5.80. The number of benzene rings is 1. The lowest BCUT2D eigenvalue weighted by atomic mass is 10.1. The lowest BCUT2D eigenvalue weighted by Crippen LogP contribution is -2.47. The summed E-state index contributed by atoms with van der Waals surface area (Å²) in [6, 6.07) is 3.18. The minimum absolute atomic E-state index is 0.154. The van der Waals surface area contributed by atoms with Crippen LogP contribution in [0.5, 0.6) is 0 Å². The number of aromatic carboxylic acids is 1. The number of halogens is 1. The van der Waals surface area contributed by atoms with Gasteiger partial charge < -0.3 is 14.6 Å². The summed E-state index contributed by atoms with van der Waals surface area (Å²) in [5.74, 6) is -1.72. The Bertz CT molecular complexity index is 1060. The number of aromatic nitrogens is 1. The fraction of sp³-hybridized carbons (Fsp3) is 0.630. The van der Waals surface area contributed by atoms with E-state index in [2.05, 4.69) is 16.7 Å². The van der Waals surface area contributed by atoms with E-state index in [4.69, 9.17) is 0 Å². The number of carboxylic acids is 1. The van der Waals surface area contributed by atoms with Crippen LogP contribution in [0.2, 0.25) is 0 Å². The second-order valence-corrected chi connectivity index (χ2v) is 9.94. The molecule has 0 unspecified atom stereocenters. The molecule has 2 heterocycles. The van der Waals surface area contributed by atoms with Crippen molar-refractivity contribution < 1.29 is 14.3 Å². The van der Waals surface area contributed by atoms with Gasteiger partial charge in [-0.3, -0.25) is 9.69 Å². The Hall–Kier alpha value is -2.41. The highest BCUT2D eigenvalue weighted by Gasteiger charge is 2.28. The first kappa shape index (κ1) is 24.7. The van der Waals surface area contributed by atoms with E-state index in [0.29, 0.717) is 11.2 Å². The highest BCUT2D eigenvalue weighted by Crippen LogP contribution is 2.38. The van der Waals surface area contributed by atoms with Crippen LogP contribution in [-0.2, 0) is 0 Å². The molecular formula is C27H38FN3O3. The average Bonchev–Trinajstić information content (AvgIpc) is 3.67. The van der Waals surface area contributed by atoms with Gasteiger partial charge in [0.25, 0.3) is 0 Å². The molecule has 186 valence electrons. The molecule has 1 aliphatic heterocycles. The lowest BCUT2D eigenvalue weighted by molar-refractivity contribution is 0.0695. The first-order valence-electron chi connectivity index (χ1n) is 13.1. The number of fused-ring (bicyclic) bond motifs is 1. The molecule has 1 N–H and O–H groups in total. The second-order valence-electron chi connectivity index (χ2n) is 9.94. The van der Waals surface area contributed by atoms with Gasteiger partial charge in [0.05, 0.1) is 11.2 Å². The van der Waals surface area contributed by atoms with E-state index >= 15 is 4.39 Å². The van der Waals surface area contributed by atoms with Gasteiger partial charge in [-0.25, -0.2) is 9.18 Å². The van der Waals surface area contributed by atoms with E-state index in [-0.39, 0.29) is 17.0 Å². The van der Waals surface area contributed by atoms with Crippen molar-refractivity contribution in [1.82, 2.24) is 9.47 Å². The maximum absolute atomic E-state index is 15.1. The van der Waals surface area contributed by atoms with Crippen LogP contribution in [0.15, 0.2) is 23.1 Å². The van der Waals surface area contributed by atoms with Gasteiger partial charge in [0, 0.05) is 43.8 Å². The molecule has 4 rings (SSSR count). The summed E-state index contributed by atoms with van der Waals surface area (Å²) in [4.78, 5) is 28.7. The van der Waals surface area contributed by atoms with E-state index in [1.165, 1.54) is 63.6 Å². The third-order valence-electron chi connectivity index (χ3n) is 7.31. The van der Waals surface area contributed by atoms with E-state index in [0.717, 1.165) is 45.6 Å². The average molecular weight is 472 g/mol. The Morgan fingerprint density at radius 2 is 1.65 bits per heavy atom. The molecule has 1 aromatic carbocycles. The molecule has 34 heavy (non-hydrogen) atoms.